The SMILES string of the molecule is O=C(O)CCCC(C(=O)O)C(Cl)(Cl)C(Cl)CCCCCCCC(Cl)(Cl)Cl. The molecule has 0 saturated heterocycles. The quantitative estimate of drug-likeness (QED) is 0.206. The minimum Gasteiger partial charge on any atom is -0.481 e. The molecule has 0 amide bonds. The average molecular weight is 493 g/mol. The van der Waals surface area contributed by atoms with Gasteiger partial charge in [-0.1, -0.05) is 83.7 Å². The third-order valence-corrected chi connectivity index (χ3v) is 6.39. The van der Waals surface area contributed by atoms with Crippen LogP contribution in [0.4, 0.5) is 0 Å². The van der Waals surface area contributed by atoms with Crippen LogP contribution >= 0.6 is 69.6 Å². The molecule has 0 spiro atoms. The van der Waals surface area contributed by atoms with Crippen LogP contribution < -0.4 is 0 Å². The Morgan fingerprint density at radius 1 is 0.808 bits per heavy atom. The van der Waals surface area contributed by atoms with Crippen LogP contribution in [0.15, 0.2) is 0 Å². The molecule has 26 heavy (non-hydrogen) atoms. The maximum atomic E-state index is 11.4. The van der Waals surface area contributed by atoms with Gasteiger partial charge in [0.15, 0.2) is 3.79 Å². The standard InChI is InChI=1S/C16H24Cl6O4/c17-12(8-4-2-1-3-5-10-15(18,19)20)16(21,22)11(14(25)26)7-6-9-13(23)24/h11-12H,1-10H2,(H,23,24)(H,25,26). The van der Waals surface area contributed by atoms with E-state index >= 15 is 0 Å². The number of halogens is 6. The van der Waals surface area contributed by atoms with Crippen LogP contribution in [-0.4, -0.2) is 35.7 Å². The normalized spacial score (nSPS) is 14.8. The highest BCUT2D eigenvalue weighted by Gasteiger charge is 2.45. The van der Waals surface area contributed by atoms with E-state index in [0.717, 1.165) is 32.1 Å². The molecule has 0 heterocycles. The fourth-order valence-electron chi connectivity index (χ4n) is 2.53. The maximum absolute atomic E-state index is 11.4. The molecule has 2 atom stereocenters. The van der Waals surface area contributed by atoms with Crippen LogP contribution in [0.25, 0.3) is 0 Å². The minimum atomic E-state index is -1.67. The van der Waals surface area contributed by atoms with E-state index in [1.807, 2.05) is 0 Å². The summed E-state index contributed by atoms with van der Waals surface area (Å²) in [7, 11) is 0. The monoisotopic (exact) mass is 490 g/mol. The third kappa shape index (κ3) is 12.2. The van der Waals surface area contributed by atoms with E-state index in [1.54, 1.807) is 0 Å². The van der Waals surface area contributed by atoms with Crippen molar-refractivity contribution in [1.29, 1.82) is 0 Å². The van der Waals surface area contributed by atoms with Crippen LogP contribution in [0, 0.1) is 5.92 Å². The highest BCUT2D eigenvalue weighted by atomic mass is 35.6. The molecule has 2 unspecified atom stereocenters. The molecule has 0 aliphatic carbocycles. The van der Waals surface area contributed by atoms with Crippen LogP contribution in [-0.2, 0) is 9.59 Å². The predicted molar refractivity (Wildman–Crippen MR) is 109 cm³/mol. The molecule has 0 saturated carbocycles. The Labute approximate surface area is 184 Å². The molecule has 0 bridgehead atoms. The van der Waals surface area contributed by atoms with Crippen molar-refractivity contribution in [1.82, 2.24) is 0 Å². The largest absolute Gasteiger partial charge is 0.481 e. The van der Waals surface area contributed by atoms with Crippen molar-refractivity contribution in [2.75, 3.05) is 0 Å². The summed E-state index contributed by atoms with van der Waals surface area (Å²) in [5, 5.41) is 17.3. The Morgan fingerprint density at radius 2 is 1.35 bits per heavy atom. The van der Waals surface area contributed by atoms with Gasteiger partial charge in [-0.3, -0.25) is 9.59 Å². The van der Waals surface area contributed by atoms with E-state index in [0.29, 0.717) is 12.8 Å². The first-order valence-electron chi connectivity index (χ1n) is 8.41. The lowest BCUT2D eigenvalue weighted by Crippen LogP contribution is -2.40. The van der Waals surface area contributed by atoms with Gasteiger partial charge in [0.2, 0.25) is 0 Å². The second kappa shape index (κ2) is 13.0. The van der Waals surface area contributed by atoms with Crippen molar-refractivity contribution in [2.24, 2.45) is 5.92 Å². The first kappa shape index (κ1) is 26.7. The van der Waals surface area contributed by atoms with Gasteiger partial charge < -0.3 is 10.2 Å². The summed E-state index contributed by atoms with van der Waals surface area (Å²) in [5.41, 5.74) is 0. The summed E-state index contributed by atoms with van der Waals surface area (Å²) in [6.45, 7) is 0. The van der Waals surface area contributed by atoms with Crippen LogP contribution in [0.2, 0.25) is 0 Å². The van der Waals surface area contributed by atoms with Crippen molar-refractivity contribution in [3.8, 4) is 0 Å². The van der Waals surface area contributed by atoms with Crippen molar-refractivity contribution < 1.29 is 19.8 Å². The van der Waals surface area contributed by atoms with Gasteiger partial charge in [-0.2, -0.15) is 0 Å². The topological polar surface area (TPSA) is 74.6 Å². The van der Waals surface area contributed by atoms with Gasteiger partial charge >= 0.3 is 11.9 Å². The van der Waals surface area contributed by atoms with Crippen molar-refractivity contribution >= 4 is 81.5 Å². The van der Waals surface area contributed by atoms with E-state index < -0.39 is 31.4 Å². The van der Waals surface area contributed by atoms with Gasteiger partial charge in [-0.15, -0.1) is 11.6 Å². The van der Waals surface area contributed by atoms with Gasteiger partial charge in [-0.05, 0) is 32.1 Å². The molecule has 0 aromatic carbocycles. The Morgan fingerprint density at radius 3 is 1.85 bits per heavy atom. The van der Waals surface area contributed by atoms with Crippen molar-refractivity contribution in [3.63, 3.8) is 0 Å². The van der Waals surface area contributed by atoms with Crippen molar-refractivity contribution in [2.45, 2.75) is 77.7 Å². The number of hydrogen-bond donors (Lipinski definition) is 2. The number of carboxylic acid groups (broad SMARTS) is 2. The fourth-order valence-corrected chi connectivity index (χ4v) is 3.86. The zero-order valence-electron chi connectivity index (χ0n) is 14.2. The first-order valence-corrected chi connectivity index (χ1v) is 10.7. The second-order valence-electron chi connectivity index (χ2n) is 6.24. The first-order chi connectivity index (χ1) is 11.9. The Hall–Kier alpha value is 0.680. The Balaban J connectivity index is 4.26. The predicted octanol–water partition coefficient (Wildman–Crippen LogP) is 6.82. The molecule has 0 aromatic rings. The number of hydrogen-bond acceptors (Lipinski definition) is 2. The molecule has 0 aliphatic rings. The smallest absolute Gasteiger partial charge is 0.309 e. The molecular weight excluding hydrogens is 469 g/mol. The van der Waals surface area contributed by atoms with E-state index in [2.05, 4.69) is 0 Å². The molecule has 2 N–H and O–H groups in total. The molecule has 4 nitrogen and oxygen atoms in total. The summed E-state index contributed by atoms with van der Waals surface area (Å²) >= 11 is 35.8. The molecule has 0 fully saturated rings. The van der Waals surface area contributed by atoms with E-state index in [9.17, 15) is 14.7 Å². The highest BCUT2D eigenvalue weighted by molar-refractivity contribution is 6.67. The molecule has 0 aromatic heterocycles. The van der Waals surface area contributed by atoms with E-state index in [1.165, 1.54) is 0 Å². The minimum absolute atomic E-state index is 0.0505. The van der Waals surface area contributed by atoms with Gasteiger partial charge in [0.25, 0.3) is 0 Å². The molecule has 0 radical (unpaired) electrons. The van der Waals surface area contributed by atoms with Crippen LogP contribution in [0.3, 0.4) is 0 Å². The molecule has 0 rings (SSSR count). The van der Waals surface area contributed by atoms with E-state index in [4.69, 9.17) is 74.7 Å². The van der Waals surface area contributed by atoms with Gasteiger partial charge in [0, 0.05) is 6.42 Å². The molecular formula is C16H24Cl6O4. The second-order valence-corrected chi connectivity index (χ2v) is 10.7. The summed E-state index contributed by atoms with van der Waals surface area (Å²) in [6, 6.07) is 0. The van der Waals surface area contributed by atoms with Gasteiger partial charge in [0.05, 0.1) is 11.3 Å². The van der Waals surface area contributed by atoms with Crippen LogP contribution in [0.1, 0.15) is 64.2 Å². The number of aliphatic carboxylic acids is 2. The number of alkyl halides is 6. The third-order valence-electron chi connectivity index (χ3n) is 3.98. The summed E-state index contributed by atoms with van der Waals surface area (Å²) in [5.74, 6) is -3.31. The summed E-state index contributed by atoms with van der Waals surface area (Å²) in [6.07, 6.45) is 5.31. The molecule has 0 aliphatic heterocycles. The lowest BCUT2D eigenvalue weighted by Gasteiger charge is -2.31. The van der Waals surface area contributed by atoms with Gasteiger partial charge in [0.1, 0.15) is 4.33 Å². The summed E-state index contributed by atoms with van der Waals surface area (Å²) < 4.78 is -2.88. The zero-order chi connectivity index (χ0) is 20.4. The van der Waals surface area contributed by atoms with Crippen LogP contribution in [0.5, 0.6) is 0 Å². The molecule has 10 heteroatoms. The number of unbranched alkanes of at least 4 members (excludes halogenated alkanes) is 4. The lowest BCUT2D eigenvalue weighted by atomic mass is 9.93. The van der Waals surface area contributed by atoms with Gasteiger partial charge in [-0.25, -0.2) is 0 Å². The Kier molecular flexibility index (Phi) is 13.3. The Bertz CT molecular complexity index is 439. The average Bonchev–Trinajstić information content (AvgIpc) is 2.48. The van der Waals surface area contributed by atoms with Crippen molar-refractivity contribution in [3.05, 3.63) is 0 Å². The lowest BCUT2D eigenvalue weighted by molar-refractivity contribution is -0.143. The summed E-state index contributed by atoms with van der Waals surface area (Å²) in [4.78, 5) is 22.0. The zero-order valence-corrected chi connectivity index (χ0v) is 18.7. The number of carbonyl (C=O) groups is 2. The number of carboxylic acids is 2. The fraction of sp³-hybridized carbons (Fsp3) is 0.875. The maximum Gasteiger partial charge on any atom is 0.309 e. The molecule has 154 valence electrons. The highest BCUT2D eigenvalue weighted by Crippen LogP contribution is 2.42. The van der Waals surface area contributed by atoms with E-state index in [-0.39, 0.29) is 19.3 Å². The number of rotatable bonds is 14.